The van der Waals surface area contributed by atoms with Gasteiger partial charge in [0.25, 0.3) is 0 Å². The Morgan fingerprint density at radius 2 is 1.18 bits per heavy atom. The third kappa shape index (κ3) is 3.07. The van der Waals surface area contributed by atoms with E-state index in [2.05, 4.69) is 50.7 Å². The van der Waals surface area contributed by atoms with E-state index >= 15 is 0 Å². The summed E-state index contributed by atoms with van der Waals surface area (Å²) in [6.45, 7) is 17.1. The van der Waals surface area contributed by atoms with Gasteiger partial charge in [0.15, 0.2) is 0 Å². The van der Waals surface area contributed by atoms with Gasteiger partial charge in [-0.05, 0) is 70.1 Å². The molecule has 4 bridgehead atoms. The molecular formula is C18H32O2Si2. The lowest BCUT2D eigenvalue weighted by Gasteiger charge is -2.63. The van der Waals surface area contributed by atoms with Crippen LogP contribution in [0.4, 0.5) is 0 Å². The van der Waals surface area contributed by atoms with Crippen molar-refractivity contribution in [2.45, 2.75) is 75.9 Å². The fourth-order valence-corrected chi connectivity index (χ4v) is 8.41. The Morgan fingerprint density at radius 3 is 1.50 bits per heavy atom. The topological polar surface area (TPSA) is 18.5 Å². The monoisotopic (exact) mass is 336 g/mol. The minimum atomic E-state index is -1.76. The van der Waals surface area contributed by atoms with Gasteiger partial charge < -0.3 is 8.85 Å². The molecule has 0 saturated heterocycles. The lowest BCUT2D eigenvalue weighted by atomic mass is 9.52. The molecule has 0 atom stereocenters. The maximum absolute atomic E-state index is 6.79. The van der Waals surface area contributed by atoms with Crippen molar-refractivity contribution in [3.63, 3.8) is 0 Å². The molecule has 0 aliphatic heterocycles. The van der Waals surface area contributed by atoms with Gasteiger partial charge in [-0.3, -0.25) is 0 Å². The first-order valence-corrected chi connectivity index (χ1v) is 14.8. The molecule has 0 aromatic rings. The zero-order valence-electron chi connectivity index (χ0n) is 14.8. The smallest absolute Gasteiger partial charge is 0.211 e. The Hall–Kier alpha value is -0.166. The average molecular weight is 337 g/mol. The molecule has 4 saturated carbocycles. The van der Waals surface area contributed by atoms with Crippen molar-refractivity contribution in [1.82, 2.24) is 0 Å². The Bertz CT molecular complexity index is 429. The zero-order valence-corrected chi connectivity index (χ0v) is 16.8. The maximum atomic E-state index is 6.79. The molecule has 0 aromatic heterocycles. The summed E-state index contributed by atoms with van der Waals surface area (Å²) >= 11 is 0. The van der Waals surface area contributed by atoms with Crippen LogP contribution in [0, 0.1) is 11.8 Å². The molecule has 0 aromatic carbocycles. The van der Waals surface area contributed by atoms with Crippen LogP contribution in [0.15, 0.2) is 24.6 Å². The third-order valence-electron chi connectivity index (χ3n) is 5.90. The van der Waals surface area contributed by atoms with E-state index in [4.69, 9.17) is 8.85 Å². The minimum Gasteiger partial charge on any atom is -0.408 e. The van der Waals surface area contributed by atoms with Crippen molar-refractivity contribution in [3.05, 3.63) is 24.6 Å². The molecule has 22 heavy (non-hydrogen) atoms. The Labute approximate surface area is 138 Å². The van der Waals surface area contributed by atoms with Crippen LogP contribution < -0.4 is 0 Å². The summed E-state index contributed by atoms with van der Waals surface area (Å²) in [6, 6.07) is 0. The van der Waals surface area contributed by atoms with Crippen LogP contribution in [0.2, 0.25) is 26.2 Å². The van der Waals surface area contributed by atoms with Crippen molar-refractivity contribution in [2.75, 3.05) is 0 Å². The van der Waals surface area contributed by atoms with Crippen molar-refractivity contribution >= 4 is 16.6 Å². The molecule has 0 heterocycles. The second kappa shape index (κ2) is 5.17. The fraction of sp³-hybridized carbons (Fsp3) is 0.778. The van der Waals surface area contributed by atoms with Crippen LogP contribution >= 0.6 is 0 Å². The first kappa shape index (κ1) is 16.7. The van der Waals surface area contributed by atoms with Crippen LogP contribution in [0.1, 0.15) is 38.5 Å². The van der Waals surface area contributed by atoms with Crippen LogP contribution in [0.3, 0.4) is 0 Å². The normalized spacial score (nSPS) is 40.7. The summed E-state index contributed by atoms with van der Waals surface area (Å²) in [6.07, 6.45) is 7.47. The Kier molecular flexibility index (Phi) is 3.92. The summed E-state index contributed by atoms with van der Waals surface area (Å²) < 4.78 is 13.6. The highest BCUT2D eigenvalue weighted by Crippen LogP contribution is 2.61. The molecule has 4 aliphatic rings. The molecule has 0 unspecified atom stereocenters. The Balaban J connectivity index is 1.87. The standard InChI is InChI=1S/C18H32O2Si2/c1-7-21(3,4)19-17-10-15-9-16(11-17)13-18(12-15,14-17)20-22(5,6)8-2/h7-8,15-16H,1-2,9-14H2,3-6H3. The average Bonchev–Trinajstić information content (AvgIpc) is 2.34. The summed E-state index contributed by atoms with van der Waals surface area (Å²) in [4.78, 5) is 0. The molecule has 4 aliphatic carbocycles. The molecule has 4 rings (SSSR count). The number of rotatable bonds is 6. The first-order valence-electron chi connectivity index (χ1n) is 8.78. The molecule has 0 N–H and O–H groups in total. The van der Waals surface area contributed by atoms with Gasteiger partial charge in [-0.1, -0.05) is 11.4 Å². The van der Waals surface area contributed by atoms with Crippen LogP contribution in [-0.2, 0) is 8.85 Å². The van der Waals surface area contributed by atoms with Gasteiger partial charge in [0.2, 0.25) is 16.6 Å². The molecule has 0 radical (unpaired) electrons. The van der Waals surface area contributed by atoms with Gasteiger partial charge in [-0.2, -0.15) is 0 Å². The van der Waals surface area contributed by atoms with Gasteiger partial charge in [-0.25, -0.2) is 0 Å². The van der Waals surface area contributed by atoms with Gasteiger partial charge in [0, 0.05) is 6.42 Å². The van der Waals surface area contributed by atoms with Gasteiger partial charge in [0.05, 0.1) is 11.2 Å². The van der Waals surface area contributed by atoms with E-state index in [9.17, 15) is 0 Å². The highest BCUT2D eigenvalue weighted by molar-refractivity contribution is 6.76. The number of hydrogen-bond donors (Lipinski definition) is 0. The van der Waals surface area contributed by atoms with Crippen molar-refractivity contribution < 1.29 is 8.85 Å². The van der Waals surface area contributed by atoms with Crippen LogP contribution in [0.25, 0.3) is 0 Å². The van der Waals surface area contributed by atoms with Gasteiger partial charge in [0.1, 0.15) is 0 Å². The second-order valence-electron chi connectivity index (χ2n) is 9.15. The molecule has 0 amide bonds. The third-order valence-corrected chi connectivity index (χ3v) is 9.78. The van der Waals surface area contributed by atoms with E-state index < -0.39 is 16.6 Å². The molecule has 4 fully saturated rings. The highest BCUT2D eigenvalue weighted by Gasteiger charge is 2.60. The lowest BCUT2D eigenvalue weighted by molar-refractivity contribution is -0.182. The van der Waals surface area contributed by atoms with Crippen LogP contribution in [-0.4, -0.2) is 27.8 Å². The highest BCUT2D eigenvalue weighted by atomic mass is 28.4. The van der Waals surface area contributed by atoms with Crippen LogP contribution in [0.5, 0.6) is 0 Å². The predicted octanol–water partition coefficient (Wildman–Crippen LogP) is 4.97. The molecule has 0 spiro atoms. The summed E-state index contributed by atoms with van der Waals surface area (Å²) in [5, 5.41) is 0. The van der Waals surface area contributed by atoms with E-state index in [1.54, 1.807) is 0 Å². The lowest BCUT2D eigenvalue weighted by Crippen LogP contribution is -2.64. The van der Waals surface area contributed by atoms with E-state index in [-0.39, 0.29) is 11.2 Å². The molecular weight excluding hydrogens is 304 g/mol. The molecule has 4 heteroatoms. The zero-order chi connectivity index (χ0) is 16.2. The summed E-state index contributed by atoms with van der Waals surface area (Å²) in [7, 11) is -3.53. The van der Waals surface area contributed by atoms with Gasteiger partial charge in [-0.15, -0.1) is 13.2 Å². The largest absolute Gasteiger partial charge is 0.408 e. The fourth-order valence-electron chi connectivity index (χ4n) is 5.53. The SMILES string of the molecule is C=C[Si](C)(C)OC12CC3CC(C1)CC(O[Si](C)(C)C=C)(C3)C2. The van der Waals surface area contributed by atoms with E-state index in [1.807, 2.05) is 0 Å². The summed E-state index contributed by atoms with van der Waals surface area (Å²) in [5.74, 6) is 1.59. The maximum Gasteiger partial charge on any atom is 0.211 e. The van der Waals surface area contributed by atoms with Crippen molar-refractivity contribution in [2.24, 2.45) is 11.8 Å². The summed E-state index contributed by atoms with van der Waals surface area (Å²) in [5.41, 5.74) is 4.31. The van der Waals surface area contributed by atoms with E-state index in [1.165, 1.54) is 32.1 Å². The quantitative estimate of drug-likeness (QED) is 0.637. The molecule has 124 valence electrons. The van der Waals surface area contributed by atoms with Gasteiger partial charge >= 0.3 is 0 Å². The van der Waals surface area contributed by atoms with E-state index in [0.29, 0.717) is 0 Å². The second-order valence-corrected chi connectivity index (χ2v) is 16.8. The predicted molar refractivity (Wildman–Crippen MR) is 97.7 cm³/mol. The van der Waals surface area contributed by atoms with Crippen molar-refractivity contribution in [1.29, 1.82) is 0 Å². The minimum absolute atomic E-state index is 0.0691. The first-order chi connectivity index (χ1) is 10.1. The number of hydrogen-bond acceptors (Lipinski definition) is 2. The Morgan fingerprint density at radius 1 is 0.818 bits per heavy atom. The van der Waals surface area contributed by atoms with Crippen molar-refractivity contribution in [3.8, 4) is 0 Å². The van der Waals surface area contributed by atoms with E-state index in [0.717, 1.165) is 18.3 Å². The molecule has 2 nitrogen and oxygen atoms in total.